The van der Waals surface area contributed by atoms with Crippen molar-refractivity contribution in [2.24, 2.45) is 0 Å². The third-order valence-electron chi connectivity index (χ3n) is 3.54. The summed E-state index contributed by atoms with van der Waals surface area (Å²) in [7, 11) is 0. The van der Waals surface area contributed by atoms with Gasteiger partial charge in [0.05, 0.1) is 16.8 Å². The standard InChI is InChI=1S/C17H13F3N2O/c1-8-3-4-13(11(18)5-8)22-16-14-10(7-12(19)15(16)20)6-9(2)21-17(14)23/h3-7,22H,1-2H3,(H,21,23). The van der Waals surface area contributed by atoms with Crippen LogP contribution in [0.15, 0.2) is 35.1 Å². The van der Waals surface area contributed by atoms with E-state index >= 15 is 0 Å². The number of anilines is 2. The van der Waals surface area contributed by atoms with Crippen molar-refractivity contribution in [3.63, 3.8) is 0 Å². The largest absolute Gasteiger partial charge is 0.350 e. The summed E-state index contributed by atoms with van der Waals surface area (Å²) < 4.78 is 42.0. The molecule has 2 N–H and O–H groups in total. The number of fused-ring (bicyclic) bond motifs is 1. The molecule has 0 aliphatic rings. The summed E-state index contributed by atoms with van der Waals surface area (Å²) in [6.07, 6.45) is 0. The fraction of sp³-hybridized carbons (Fsp3) is 0.118. The normalized spacial score (nSPS) is 11.0. The molecular weight excluding hydrogens is 305 g/mol. The summed E-state index contributed by atoms with van der Waals surface area (Å²) in [6, 6.07) is 6.76. The zero-order valence-electron chi connectivity index (χ0n) is 12.4. The molecule has 0 aliphatic heterocycles. The zero-order chi connectivity index (χ0) is 16.7. The highest BCUT2D eigenvalue weighted by atomic mass is 19.2. The van der Waals surface area contributed by atoms with Gasteiger partial charge in [0.2, 0.25) is 0 Å². The maximum absolute atomic E-state index is 14.2. The Balaban J connectivity index is 2.27. The number of aromatic amines is 1. The van der Waals surface area contributed by atoms with E-state index in [0.717, 1.165) is 6.07 Å². The van der Waals surface area contributed by atoms with Crippen molar-refractivity contribution in [1.29, 1.82) is 0 Å². The van der Waals surface area contributed by atoms with Crippen LogP contribution in [-0.4, -0.2) is 4.98 Å². The molecule has 1 aromatic heterocycles. The molecule has 3 aromatic rings. The molecule has 0 amide bonds. The second-order valence-electron chi connectivity index (χ2n) is 5.40. The Morgan fingerprint density at radius 2 is 1.74 bits per heavy atom. The van der Waals surface area contributed by atoms with Gasteiger partial charge in [-0.2, -0.15) is 0 Å². The maximum atomic E-state index is 14.2. The second-order valence-corrected chi connectivity index (χ2v) is 5.40. The molecule has 0 bridgehead atoms. The van der Waals surface area contributed by atoms with E-state index in [-0.39, 0.29) is 22.1 Å². The molecule has 0 radical (unpaired) electrons. The minimum absolute atomic E-state index is 0.0404. The highest BCUT2D eigenvalue weighted by Crippen LogP contribution is 2.30. The first kappa shape index (κ1) is 15.1. The molecule has 0 fully saturated rings. The van der Waals surface area contributed by atoms with Crippen LogP contribution in [0.2, 0.25) is 0 Å². The molecule has 0 aliphatic carbocycles. The first-order valence-corrected chi connectivity index (χ1v) is 6.91. The summed E-state index contributed by atoms with van der Waals surface area (Å²) in [6.45, 7) is 3.34. The Morgan fingerprint density at radius 3 is 2.43 bits per heavy atom. The van der Waals surface area contributed by atoms with Crippen LogP contribution in [0.3, 0.4) is 0 Å². The number of halogens is 3. The Kier molecular flexibility index (Phi) is 3.60. The first-order valence-electron chi connectivity index (χ1n) is 6.91. The van der Waals surface area contributed by atoms with Crippen molar-refractivity contribution in [1.82, 2.24) is 4.98 Å². The smallest absolute Gasteiger partial charge is 0.258 e. The number of nitrogens with one attached hydrogen (secondary N) is 2. The minimum atomic E-state index is -1.23. The van der Waals surface area contributed by atoms with Crippen LogP contribution in [0.4, 0.5) is 24.5 Å². The van der Waals surface area contributed by atoms with Crippen molar-refractivity contribution in [2.45, 2.75) is 13.8 Å². The maximum Gasteiger partial charge on any atom is 0.258 e. The van der Waals surface area contributed by atoms with Gasteiger partial charge in [-0.3, -0.25) is 4.79 Å². The molecule has 0 spiro atoms. The topological polar surface area (TPSA) is 44.9 Å². The Morgan fingerprint density at radius 1 is 1.00 bits per heavy atom. The Labute approximate surface area is 129 Å². The number of benzene rings is 2. The number of hydrogen-bond donors (Lipinski definition) is 2. The summed E-state index contributed by atoms with van der Waals surface area (Å²) in [4.78, 5) is 14.7. The summed E-state index contributed by atoms with van der Waals surface area (Å²) in [5.41, 5.74) is 0.200. The average molecular weight is 318 g/mol. The molecular formula is C17H13F3N2O. The van der Waals surface area contributed by atoms with E-state index in [1.165, 1.54) is 18.2 Å². The molecule has 3 nitrogen and oxygen atoms in total. The molecule has 1 heterocycles. The third-order valence-corrected chi connectivity index (χ3v) is 3.54. The molecule has 118 valence electrons. The van der Waals surface area contributed by atoms with Gasteiger partial charge in [-0.05, 0) is 49.1 Å². The second kappa shape index (κ2) is 5.46. The van der Waals surface area contributed by atoms with Crippen LogP contribution >= 0.6 is 0 Å². The molecule has 0 atom stereocenters. The van der Waals surface area contributed by atoms with Crippen molar-refractivity contribution in [3.8, 4) is 0 Å². The van der Waals surface area contributed by atoms with Crippen LogP contribution in [0.1, 0.15) is 11.3 Å². The van der Waals surface area contributed by atoms with Gasteiger partial charge in [0, 0.05) is 5.69 Å². The van der Waals surface area contributed by atoms with Gasteiger partial charge < -0.3 is 10.3 Å². The number of rotatable bonds is 2. The lowest BCUT2D eigenvalue weighted by Gasteiger charge is -2.13. The number of aryl methyl sites for hydroxylation is 2. The zero-order valence-corrected chi connectivity index (χ0v) is 12.4. The van der Waals surface area contributed by atoms with Crippen LogP contribution in [-0.2, 0) is 0 Å². The van der Waals surface area contributed by atoms with E-state index in [0.29, 0.717) is 11.3 Å². The highest BCUT2D eigenvalue weighted by molar-refractivity contribution is 5.95. The Bertz CT molecular complexity index is 980. The molecule has 0 saturated heterocycles. The lowest BCUT2D eigenvalue weighted by atomic mass is 10.1. The van der Waals surface area contributed by atoms with E-state index < -0.39 is 23.0 Å². The average Bonchev–Trinajstić information content (AvgIpc) is 2.45. The van der Waals surface area contributed by atoms with Gasteiger partial charge in [-0.25, -0.2) is 13.2 Å². The monoisotopic (exact) mass is 318 g/mol. The molecule has 23 heavy (non-hydrogen) atoms. The van der Waals surface area contributed by atoms with E-state index in [1.807, 2.05) is 0 Å². The van der Waals surface area contributed by atoms with Gasteiger partial charge in [0.15, 0.2) is 11.6 Å². The van der Waals surface area contributed by atoms with Crippen molar-refractivity contribution >= 4 is 22.1 Å². The predicted molar refractivity (Wildman–Crippen MR) is 83.6 cm³/mol. The molecule has 2 aromatic carbocycles. The highest BCUT2D eigenvalue weighted by Gasteiger charge is 2.18. The van der Waals surface area contributed by atoms with Crippen molar-refractivity contribution in [3.05, 3.63) is 69.4 Å². The van der Waals surface area contributed by atoms with Crippen LogP contribution in [0.25, 0.3) is 10.8 Å². The van der Waals surface area contributed by atoms with Crippen molar-refractivity contribution < 1.29 is 13.2 Å². The van der Waals surface area contributed by atoms with Gasteiger partial charge in [0.1, 0.15) is 5.82 Å². The third kappa shape index (κ3) is 2.67. The van der Waals surface area contributed by atoms with E-state index in [4.69, 9.17) is 0 Å². The quantitative estimate of drug-likeness (QED) is 0.740. The lowest BCUT2D eigenvalue weighted by Crippen LogP contribution is -2.12. The van der Waals surface area contributed by atoms with Crippen LogP contribution in [0.5, 0.6) is 0 Å². The van der Waals surface area contributed by atoms with Gasteiger partial charge in [-0.1, -0.05) is 6.07 Å². The number of pyridine rings is 1. The number of aromatic nitrogens is 1. The van der Waals surface area contributed by atoms with E-state index in [2.05, 4.69) is 10.3 Å². The molecule has 0 saturated carbocycles. The number of H-pyrrole nitrogens is 1. The molecule has 0 unspecified atom stereocenters. The van der Waals surface area contributed by atoms with Crippen LogP contribution < -0.4 is 10.9 Å². The summed E-state index contributed by atoms with van der Waals surface area (Å²) in [5, 5.41) is 2.68. The van der Waals surface area contributed by atoms with E-state index in [9.17, 15) is 18.0 Å². The molecule has 6 heteroatoms. The predicted octanol–water partition coefficient (Wildman–Crippen LogP) is 4.31. The lowest BCUT2D eigenvalue weighted by molar-refractivity contribution is 0.513. The summed E-state index contributed by atoms with van der Waals surface area (Å²) >= 11 is 0. The molecule has 3 rings (SSSR count). The number of hydrogen-bond acceptors (Lipinski definition) is 2. The van der Waals surface area contributed by atoms with Gasteiger partial charge in [0.25, 0.3) is 5.56 Å². The fourth-order valence-corrected chi connectivity index (χ4v) is 2.49. The SMILES string of the molecule is Cc1ccc(Nc2c(F)c(F)cc3cc(C)[nH]c(=O)c23)c(F)c1. The van der Waals surface area contributed by atoms with Gasteiger partial charge >= 0.3 is 0 Å². The van der Waals surface area contributed by atoms with Crippen LogP contribution in [0, 0.1) is 31.3 Å². The fourth-order valence-electron chi connectivity index (χ4n) is 2.49. The van der Waals surface area contributed by atoms with Gasteiger partial charge in [-0.15, -0.1) is 0 Å². The summed E-state index contributed by atoms with van der Waals surface area (Å²) in [5.74, 6) is -2.96. The van der Waals surface area contributed by atoms with Crippen molar-refractivity contribution in [2.75, 3.05) is 5.32 Å². The minimum Gasteiger partial charge on any atom is -0.350 e. The van der Waals surface area contributed by atoms with E-state index in [1.54, 1.807) is 19.9 Å². The first-order chi connectivity index (χ1) is 10.9. The Hall–Kier alpha value is -2.76.